The zero-order chi connectivity index (χ0) is 22.2. The monoisotopic (exact) mass is 432 g/mol. The molecule has 3 aromatic rings. The number of amides is 3. The Hall–Kier alpha value is -3.81. The zero-order valence-corrected chi connectivity index (χ0v) is 17.8. The fourth-order valence-corrected chi connectivity index (χ4v) is 4.57. The zero-order valence-electron chi connectivity index (χ0n) is 17.8. The maximum atomic E-state index is 13.0. The van der Waals surface area contributed by atoms with Crippen LogP contribution >= 0.6 is 0 Å². The minimum Gasteiger partial charge on any atom is -0.496 e. The molecule has 2 aromatic carbocycles. The second kappa shape index (κ2) is 8.03. The summed E-state index contributed by atoms with van der Waals surface area (Å²) in [4.78, 5) is 39.6. The van der Waals surface area contributed by atoms with E-state index in [9.17, 15) is 14.4 Å². The van der Waals surface area contributed by atoms with E-state index in [4.69, 9.17) is 4.74 Å². The highest BCUT2D eigenvalue weighted by atomic mass is 16.5. The van der Waals surface area contributed by atoms with Crippen LogP contribution in [0.15, 0.2) is 48.7 Å². The van der Waals surface area contributed by atoms with Crippen LogP contribution in [0.5, 0.6) is 5.75 Å². The lowest BCUT2D eigenvalue weighted by Crippen LogP contribution is -2.40. The molecule has 0 bridgehead atoms. The third-order valence-electron chi connectivity index (χ3n) is 6.18. The van der Waals surface area contributed by atoms with Crippen molar-refractivity contribution >= 4 is 40.0 Å². The van der Waals surface area contributed by atoms with Gasteiger partial charge in [-0.15, -0.1) is 0 Å². The van der Waals surface area contributed by atoms with E-state index in [0.29, 0.717) is 36.4 Å². The Bertz CT molecular complexity index is 1230. The number of anilines is 2. The molecule has 0 saturated carbocycles. The number of carbonyl (C=O) groups is 3. The van der Waals surface area contributed by atoms with Crippen molar-refractivity contribution in [3.8, 4) is 5.75 Å². The van der Waals surface area contributed by atoms with Gasteiger partial charge in [0.2, 0.25) is 11.8 Å². The molecule has 1 fully saturated rings. The van der Waals surface area contributed by atoms with Crippen molar-refractivity contribution in [1.82, 2.24) is 9.47 Å². The Balaban J connectivity index is 1.29. The summed E-state index contributed by atoms with van der Waals surface area (Å²) in [6.45, 7) is 1.08. The number of methoxy groups -OCH3 is 1. The van der Waals surface area contributed by atoms with Crippen LogP contribution < -0.4 is 15.4 Å². The lowest BCUT2D eigenvalue weighted by atomic mass is 10.1. The Morgan fingerprint density at radius 1 is 1.22 bits per heavy atom. The van der Waals surface area contributed by atoms with Crippen molar-refractivity contribution < 1.29 is 19.1 Å². The van der Waals surface area contributed by atoms with Crippen molar-refractivity contribution in [2.75, 3.05) is 24.3 Å². The van der Waals surface area contributed by atoms with Crippen molar-refractivity contribution in [3.63, 3.8) is 0 Å². The van der Waals surface area contributed by atoms with Gasteiger partial charge in [0.15, 0.2) is 0 Å². The summed E-state index contributed by atoms with van der Waals surface area (Å²) >= 11 is 0. The van der Waals surface area contributed by atoms with Gasteiger partial charge >= 0.3 is 0 Å². The quantitative estimate of drug-likeness (QED) is 0.647. The Kier molecular flexibility index (Phi) is 5.05. The van der Waals surface area contributed by atoms with Gasteiger partial charge in [-0.3, -0.25) is 14.4 Å². The molecule has 2 aliphatic heterocycles. The molecule has 32 heavy (non-hydrogen) atoms. The Morgan fingerprint density at radius 3 is 2.94 bits per heavy atom. The first-order valence-corrected chi connectivity index (χ1v) is 10.7. The van der Waals surface area contributed by atoms with Gasteiger partial charge in [-0.05, 0) is 49.2 Å². The van der Waals surface area contributed by atoms with Crippen LogP contribution in [0.2, 0.25) is 0 Å². The topological polar surface area (TPSA) is 92.7 Å². The van der Waals surface area contributed by atoms with Crippen LogP contribution in [-0.4, -0.2) is 46.9 Å². The molecule has 1 atom stereocenters. The van der Waals surface area contributed by atoms with Gasteiger partial charge in [0, 0.05) is 36.8 Å². The summed E-state index contributed by atoms with van der Waals surface area (Å²) < 4.78 is 7.41. The van der Waals surface area contributed by atoms with Gasteiger partial charge in [0.05, 0.1) is 23.9 Å². The van der Waals surface area contributed by atoms with E-state index in [1.165, 1.54) is 0 Å². The number of hydrogen-bond donors (Lipinski definition) is 2. The van der Waals surface area contributed by atoms with Crippen LogP contribution in [0.4, 0.5) is 11.4 Å². The number of nitrogens with one attached hydrogen (secondary N) is 2. The molecule has 3 amide bonds. The van der Waals surface area contributed by atoms with Gasteiger partial charge in [-0.25, -0.2) is 0 Å². The number of hydrogen-bond acceptors (Lipinski definition) is 4. The summed E-state index contributed by atoms with van der Waals surface area (Å²) in [6.07, 6.45) is 3.71. The molecule has 5 rings (SSSR count). The normalized spacial score (nSPS) is 17.5. The first kappa shape index (κ1) is 20.1. The molecule has 1 saturated heterocycles. The lowest BCUT2D eigenvalue weighted by Gasteiger charge is -2.20. The van der Waals surface area contributed by atoms with E-state index in [1.807, 2.05) is 35.0 Å². The van der Waals surface area contributed by atoms with Crippen LogP contribution in [-0.2, 0) is 16.1 Å². The SMILES string of the molecule is COc1cccc2c1ccn2CCC(=O)Nc1ccc2c(c1)C(=O)N1CCC[C@H]1C(=O)N2. The molecule has 8 nitrogen and oxygen atoms in total. The van der Waals surface area contributed by atoms with Crippen molar-refractivity contribution in [1.29, 1.82) is 0 Å². The second-order valence-electron chi connectivity index (χ2n) is 8.11. The van der Waals surface area contributed by atoms with Crippen molar-refractivity contribution in [3.05, 3.63) is 54.2 Å². The molecule has 8 heteroatoms. The third-order valence-corrected chi connectivity index (χ3v) is 6.18. The number of nitrogens with zero attached hydrogens (tertiary/aromatic N) is 2. The molecule has 164 valence electrons. The highest BCUT2D eigenvalue weighted by Crippen LogP contribution is 2.31. The molecule has 1 aromatic heterocycles. The fourth-order valence-electron chi connectivity index (χ4n) is 4.57. The number of benzene rings is 2. The van der Waals surface area contributed by atoms with Gasteiger partial charge in [0.1, 0.15) is 11.8 Å². The van der Waals surface area contributed by atoms with Crippen LogP contribution in [0, 0.1) is 0 Å². The van der Waals surface area contributed by atoms with E-state index in [1.54, 1.807) is 30.2 Å². The Labute approximate surface area is 185 Å². The summed E-state index contributed by atoms with van der Waals surface area (Å²) in [5.74, 6) is 0.318. The van der Waals surface area contributed by atoms with Gasteiger partial charge in [-0.2, -0.15) is 0 Å². The van der Waals surface area contributed by atoms with Gasteiger partial charge < -0.3 is 24.8 Å². The molecule has 0 radical (unpaired) electrons. The first-order chi connectivity index (χ1) is 15.5. The third kappa shape index (κ3) is 3.47. The number of aromatic nitrogens is 1. The average Bonchev–Trinajstić information content (AvgIpc) is 3.43. The largest absolute Gasteiger partial charge is 0.496 e. The van der Waals surface area contributed by atoms with Gasteiger partial charge in [-0.1, -0.05) is 6.07 Å². The van der Waals surface area contributed by atoms with E-state index < -0.39 is 6.04 Å². The smallest absolute Gasteiger partial charge is 0.256 e. The van der Waals surface area contributed by atoms with E-state index in [-0.39, 0.29) is 24.1 Å². The average molecular weight is 432 g/mol. The molecule has 3 heterocycles. The van der Waals surface area contributed by atoms with E-state index >= 15 is 0 Å². The highest BCUT2D eigenvalue weighted by Gasteiger charge is 2.38. The predicted octanol–water partition coefficient (Wildman–Crippen LogP) is 3.24. The van der Waals surface area contributed by atoms with Crippen LogP contribution in [0.1, 0.15) is 29.6 Å². The molecule has 0 spiro atoms. The first-order valence-electron chi connectivity index (χ1n) is 10.7. The molecule has 0 unspecified atom stereocenters. The number of ether oxygens (including phenoxy) is 1. The molecule has 2 aliphatic rings. The van der Waals surface area contributed by atoms with E-state index in [2.05, 4.69) is 10.6 Å². The minimum absolute atomic E-state index is 0.151. The second-order valence-corrected chi connectivity index (χ2v) is 8.11. The maximum Gasteiger partial charge on any atom is 0.256 e. The summed E-state index contributed by atoms with van der Waals surface area (Å²) in [6, 6.07) is 12.4. The summed E-state index contributed by atoms with van der Waals surface area (Å²) in [7, 11) is 1.64. The van der Waals surface area contributed by atoms with E-state index in [0.717, 1.165) is 23.1 Å². The number of rotatable bonds is 5. The fraction of sp³-hybridized carbons (Fsp3) is 0.292. The molecule has 2 N–H and O–H groups in total. The van der Waals surface area contributed by atoms with Crippen LogP contribution in [0.3, 0.4) is 0 Å². The van der Waals surface area contributed by atoms with Crippen molar-refractivity contribution in [2.24, 2.45) is 0 Å². The lowest BCUT2D eigenvalue weighted by molar-refractivity contribution is -0.119. The Morgan fingerprint density at radius 2 is 2.09 bits per heavy atom. The van der Waals surface area contributed by atoms with Gasteiger partial charge in [0.25, 0.3) is 5.91 Å². The minimum atomic E-state index is -0.414. The maximum absolute atomic E-state index is 13.0. The highest BCUT2D eigenvalue weighted by molar-refractivity contribution is 6.11. The summed E-state index contributed by atoms with van der Waals surface area (Å²) in [5.41, 5.74) is 2.43. The number of fused-ring (bicyclic) bond motifs is 3. The predicted molar refractivity (Wildman–Crippen MR) is 121 cm³/mol. The molecular weight excluding hydrogens is 408 g/mol. The number of carbonyl (C=O) groups excluding carboxylic acids is 3. The van der Waals surface area contributed by atoms with Crippen molar-refractivity contribution in [2.45, 2.75) is 31.8 Å². The standard InChI is InChI=1S/C24H24N4O4/c1-32-21-6-2-4-19-16(21)9-12-27(19)13-10-22(29)25-15-7-8-18-17(14-15)24(31)28-11-3-5-20(28)23(30)26-18/h2,4,6-9,12,14,20H,3,5,10-11,13H2,1H3,(H,25,29)(H,26,30)/t20-/m0/s1. The molecular formula is C24H24N4O4. The summed E-state index contributed by atoms with van der Waals surface area (Å²) in [5, 5.41) is 6.73. The van der Waals surface area contributed by atoms with Crippen LogP contribution in [0.25, 0.3) is 10.9 Å². The number of aryl methyl sites for hydroxylation is 1. The molecule has 0 aliphatic carbocycles.